The van der Waals surface area contributed by atoms with Crippen molar-refractivity contribution >= 4 is 22.5 Å². The number of aromatic nitrogens is 1. The number of hydrogen-bond donors (Lipinski definition) is 3. The van der Waals surface area contributed by atoms with E-state index >= 15 is 0 Å². The van der Waals surface area contributed by atoms with E-state index in [0.717, 1.165) is 72.6 Å². The van der Waals surface area contributed by atoms with E-state index in [1.54, 1.807) is 0 Å². The first-order chi connectivity index (χ1) is 16.0. The van der Waals surface area contributed by atoms with Gasteiger partial charge >= 0.3 is 0 Å². The van der Waals surface area contributed by atoms with Crippen molar-refractivity contribution in [3.63, 3.8) is 0 Å². The lowest BCUT2D eigenvalue weighted by atomic mass is 9.94. The van der Waals surface area contributed by atoms with Crippen LogP contribution in [0.4, 0.5) is 5.69 Å². The summed E-state index contributed by atoms with van der Waals surface area (Å²) in [6, 6.07) is 13.5. The number of H-pyrrole nitrogens is 1. The van der Waals surface area contributed by atoms with Crippen LogP contribution >= 0.6 is 0 Å². The van der Waals surface area contributed by atoms with Gasteiger partial charge in [0.25, 0.3) is 0 Å². The van der Waals surface area contributed by atoms with Crippen LogP contribution in [0.5, 0.6) is 11.5 Å². The summed E-state index contributed by atoms with van der Waals surface area (Å²) in [5.41, 5.74) is 2.91. The van der Waals surface area contributed by atoms with Crippen molar-refractivity contribution < 1.29 is 19.4 Å². The molecule has 2 aliphatic heterocycles. The lowest BCUT2D eigenvalue weighted by molar-refractivity contribution is -0.118. The number of fused-ring (bicyclic) bond motifs is 2. The van der Waals surface area contributed by atoms with E-state index in [2.05, 4.69) is 27.1 Å². The predicted molar refractivity (Wildman–Crippen MR) is 124 cm³/mol. The molecule has 0 bridgehead atoms. The standard InChI is InChI=1S/C25H28N4O4/c1-28-8-10-29(11-9-28)23(30)20-13-16-12-18(3-4-19(16)27-20)26-24(31)25(6-7-25)17-2-5-21-22(14-17)33-15-32-21/h2-5,12-14,23,27,30H,6-11,15H2,1H3,(H,26,31). The maximum absolute atomic E-state index is 13.2. The van der Waals surface area contributed by atoms with E-state index in [-0.39, 0.29) is 12.7 Å². The Balaban J connectivity index is 1.19. The van der Waals surface area contributed by atoms with Gasteiger partial charge in [-0.1, -0.05) is 6.07 Å². The van der Waals surface area contributed by atoms with E-state index < -0.39 is 11.6 Å². The molecule has 1 aromatic heterocycles. The largest absolute Gasteiger partial charge is 0.454 e. The number of hydrogen-bond acceptors (Lipinski definition) is 6. The van der Waals surface area contributed by atoms with Gasteiger partial charge in [0.1, 0.15) is 6.23 Å². The zero-order valence-electron chi connectivity index (χ0n) is 18.6. The molecule has 6 rings (SSSR count). The highest BCUT2D eigenvalue weighted by molar-refractivity contribution is 6.02. The van der Waals surface area contributed by atoms with Gasteiger partial charge in [-0.2, -0.15) is 0 Å². The third kappa shape index (κ3) is 3.64. The summed E-state index contributed by atoms with van der Waals surface area (Å²) in [4.78, 5) is 20.9. The summed E-state index contributed by atoms with van der Waals surface area (Å²) in [6.07, 6.45) is 0.961. The molecule has 1 amide bonds. The number of aromatic amines is 1. The van der Waals surface area contributed by atoms with Gasteiger partial charge < -0.3 is 29.8 Å². The number of nitrogens with zero attached hydrogens (tertiary/aromatic N) is 2. The van der Waals surface area contributed by atoms with Gasteiger partial charge in [0.05, 0.1) is 11.1 Å². The molecule has 172 valence electrons. The minimum atomic E-state index is -0.662. The topological polar surface area (TPSA) is 90.1 Å². The number of likely N-dealkylation sites (N-methyl/N-ethyl adjacent to an activating group) is 1. The van der Waals surface area contributed by atoms with Crippen LogP contribution in [-0.2, 0) is 10.2 Å². The maximum atomic E-state index is 13.2. The molecule has 3 aromatic rings. The number of ether oxygens (including phenoxy) is 2. The number of amides is 1. The summed E-state index contributed by atoms with van der Waals surface area (Å²) in [6.45, 7) is 3.77. The van der Waals surface area contributed by atoms with Gasteiger partial charge in [-0.05, 0) is 61.9 Å². The van der Waals surface area contributed by atoms with E-state index in [4.69, 9.17) is 9.47 Å². The number of rotatable bonds is 5. The molecule has 3 heterocycles. The van der Waals surface area contributed by atoms with Crippen molar-refractivity contribution in [1.82, 2.24) is 14.8 Å². The SMILES string of the molecule is CN1CCN(C(O)c2cc3cc(NC(=O)C4(c5ccc6c(c5)OCO6)CC4)ccc3[nH]2)CC1. The Morgan fingerprint density at radius 1 is 1.06 bits per heavy atom. The summed E-state index contributed by atoms with van der Waals surface area (Å²) >= 11 is 0. The second kappa shape index (κ2) is 7.76. The van der Waals surface area contributed by atoms with Crippen molar-refractivity contribution in [2.75, 3.05) is 45.3 Å². The molecule has 2 fully saturated rings. The van der Waals surface area contributed by atoms with Gasteiger partial charge in [-0.25, -0.2) is 0 Å². The van der Waals surface area contributed by atoms with Crippen LogP contribution in [0.15, 0.2) is 42.5 Å². The van der Waals surface area contributed by atoms with Gasteiger partial charge in [0.2, 0.25) is 12.7 Å². The molecule has 1 atom stereocenters. The van der Waals surface area contributed by atoms with Crippen LogP contribution in [0.1, 0.15) is 30.3 Å². The average molecular weight is 449 g/mol. The zero-order valence-corrected chi connectivity index (χ0v) is 18.6. The average Bonchev–Trinajstić information content (AvgIpc) is 3.32. The number of carbonyl (C=O) groups excluding carboxylic acids is 1. The molecule has 0 spiro atoms. The molecule has 1 saturated carbocycles. The Morgan fingerprint density at radius 2 is 1.85 bits per heavy atom. The van der Waals surface area contributed by atoms with E-state index in [1.807, 2.05) is 42.5 Å². The minimum absolute atomic E-state index is 0.00561. The Labute approximate surface area is 192 Å². The predicted octanol–water partition coefficient (Wildman–Crippen LogP) is 2.81. The molecule has 8 heteroatoms. The van der Waals surface area contributed by atoms with Crippen LogP contribution in [0, 0.1) is 0 Å². The van der Waals surface area contributed by atoms with Crippen LogP contribution in [-0.4, -0.2) is 65.8 Å². The summed E-state index contributed by atoms with van der Waals surface area (Å²) in [7, 11) is 2.10. The highest BCUT2D eigenvalue weighted by atomic mass is 16.7. The molecule has 1 unspecified atom stereocenters. The molecule has 8 nitrogen and oxygen atoms in total. The zero-order chi connectivity index (χ0) is 22.6. The summed E-state index contributed by atoms with van der Waals surface area (Å²) < 4.78 is 10.9. The van der Waals surface area contributed by atoms with Crippen LogP contribution < -0.4 is 14.8 Å². The summed E-state index contributed by atoms with van der Waals surface area (Å²) in [5.74, 6) is 1.42. The highest BCUT2D eigenvalue weighted by Gasteiger charge is 2.51. The van der Waals surface area contributed by atoms with Gasteiger partial charge in [-0.3, -0.25) is 9.69 Å². The van der Waals surface area contributed by atoms with Crippen molar-refractivity contribution in [3.8, 4) is 11.5 Å². The first-order valence-corrected chi connectivity index (χ1v) is 11.5. The summed E-state index contributed by atoms with van der Waals surface area (Å²) in [5, 5.41) is 14.9. The van der Waals surface area contributed by atoms with Crippen molar-refractivity contribution in [2.24, 2.45) is 0 Å². The number of anilines is 1. The molecule has 2 aromatic carbocycles. The second-order valence-corrected chi connectivity index (χ2v) is 9.34. The lowest BCUT2D eigenvalue weighted by Crippen LogP contribution is -2.46. The highest BCUT2D eigenvalue weighted by Crippen LogP contribution is 2.51. The third-order valence-corrected chi connectivity index (χ3v) is 7.17. The second-order valence-electron chi connectivity index (χ2n) is 9.34. The number of aliphatic hydroxyl groups is 1. The number of benzene rings is 2. The fraction of sp³-hybridized carbons (Fsp3) is 0.400. The Bertz CT molecular complexity index is 1210. The van der Waals surface area contributed by atoms with E-state index in [9.17, 15) is 9.90 Å². The monoisotopic (exact) mass is 448 g/mol. The van der Waals surface area contributed by atoms with E-state index in [1.165, 1.54) is 0 Å². The van der Waals surface area contributed by atoms with Crippen molar-refractivity contribution in [3.05, 3.63) is 53.7 Å². The molecular formula is C25H28N4O4. The number of carbonyl (C=O) groups is 1. The molecule has 33 heavy (non-hydrogen) atoms. The van der Waals surface area contributed by atoms with Crippen molar-refractivity contribution in [1.29, 1.82) is 0 Å². The van der Waals surface area contributed by atoms with Crippen LogP contribution in [0.3, 0.4) is 0 Å². The smallest absolute Gasteiger partial charge is 0.235 e. The normalized spacial score (nSPS) is 20.7. The maximum Gasteiger partial charge on any atom is 0.235 e. The molecule has 1 saturated heterocycles. The van der Waals surface area contributed by atoms with Gasteiger partial charge in [-0.15, -0.1) is 0 Å². The molecular weight excluding hydrogens is 420 g/mol. The Morgan fingerprint density at radius 3 is 2.64 bits per heavy atom. The molecule has 1 aliphatic carbocycles. The van der Waals surface area contributed by atoms with Gasteiger partial charge in [0.15, 0.2) is 11.5 Å². The quantitative estimate of drug-likeness (QED) is 0.556. The molecule has 3 N–H and O–H groups in total. The Hall–Kier alpha value is -3.07. The number of aliphatic hydroxyl groups excluding tert-OH is 1. The fourth-order valence-electron chi connectivity index (χ4n) is 4.85. The minimum Gasteiger partial charge on any atom is -0.454 e. The van der Waals surface area contributed by atoms with E-state index in [0.29, 0.717) is 5.75 Å². The first-order valence-electron chi connectivity index (χ1n) is 11.5. The van der Waals surface area contributed by atoms with Crippen LogP contribution in [0.25, 0.3) is 10.9 Å². The van der Waals surface area contributed by atoms with Crippen LogP contribution in [0.2, 0.25) is 0 Å². The number of piperazine rings is 1. The van der Waals surface area contributed by atoms with Crippen molar-refractivity contribution in [2.45, 2.75) is 24.5 Å². The number of nitrogens with one attached hydrogen (secondary N) is 2. The van der Waals surface area contributed by atoms with Gasteiger partial charge in [0, 0.05) is 42.8 Å². The third-order valence-electron chi connectivity index (χ3n) is 7.17. The lowest BCUT2D eigenvalue weighted by Gasteiger charge is -2.35. The fourth-order valence-corrected chi connectivity index (χ4v) is 4.85. The molecule has 3 aliphatic rings. The molecule has 0 radical (unpaired) electrons. The Kier molecular flexibility index (Phi) is 4.83. The first kappa shape index (κ1) is 20.5.